The summed E-state index contributed by atoms with van der Waals surface area (Å²) in [6.07, 6.45) is 1.87. The van der Waals surface area contributed by atoms with Gasteiger partial charge in [0.05, 0.1) is 11.8 Å². The summed E-state index contributed by atoms with van der Waals surface area (Å²) >= 11 is 0. The van der Waals surface area contributed by atoms with Crippen LogP contribution in [0.4, 0.5) is 5.69 Å². The van der Waals surface area contributed by atoms with Gasteiger partial charge in [-0.25, -0.2) is 0 Å². The average molecular weight is 276 g/mol. The molecule has 0 aliphatic carbocycles. The van der Waals surface area contributed by atoms with Crippen molar-refractivity contribution in [3.8, 4) is 5.75 Å². The van der Waals surface area contributed by atoms with Crippen LogP contribution in [0.5, 0.6) is 5.75 Å². The van der Waals surface area contributed by atoms with Gasteiger partial charge in [-0.05, 0) is 52.3 Å². The molecule has 1 saturated heterocycles. The van der Waals surface area contributed by atoms with E-state index in [9.17, 15) is 4.79 Å². The fourth-order valence-corrected chi connectivity index (χ4v) is 2.53. The van der Waals surface area contributed by atoms with E-state index in [1.165, 1.54) is 0 Å². The van der Waals surface area contributed by atoms with Gasteiger partial charge >= 0.3 is 0 Å². The number of hydrogen-bond acceptors (Lipinski definition) is 3. The summed E-state index contributed by atoms with van der Waals surface area (Å²) in [7, 11) is 0. The Labute approximate surface area is 120 Å². The summed E-state index contributed by atoms with van der Waals surface area (Å²) < 4.78 is 5.73. The molecule has 2 atom stereocenters. The third-order valence-corrected chi connectivity index (χ3v) is 3.50. The number of benzene rings is 1. The quantitative estimate of drug-likeness (QED) is 0.889. The van der Waals surface area contributed by atoms with Gasteiger partial charge in [-0.15, -0.1) is 0 Å². The van der Waals surface area contributed by atoms with Gasteiger partial charge in [0, 0.05) is 12.0 Å². The maximum atomic E-state index is 12.4. The molecular formula is C16H24N2O2. The Morgan fingerprint density at radius 3 is 2.85 bits per heavy atom. The molecule has 4 nitrogen and oxygen atoms in total. The van der Waals surface area contributed by atoms with Crippen molar-refractivity contribution in [2.75, 3.05) is 11.9 Å². The van der Waals surface area contributed by atoms with Crippen LogP contribution in [0.1, 0.15) is 33.6 Å². The van der Waals surface area contributed by atoms with Crippen molar-refractivity contribution in [3.05, 3.63) is 24.3 Å². The molecule has 1 aromatic carbocycles. The van der Waals surface area contributed by atoms with Gasteiger partial charge in [0.15, 0.2) is 0 Å². The van der Waals surface area contributed by atoms with Crippen LogP contribution < -0.4 is 15.4 Å². The molecule has 1 fully saturated rings. The Balaban J connectivity index is 2.03. The van der Waals surface area contributed by atoms with Crippen molar-refractivity contribution in [1.82, 2.24) is 5.32 Å². The predicted octanol–water partition coefficient (Wildman–Crippen LogP) is 2.80. The molecule has 0 aromatic heterocycles. The number of nitrogens with one attached hydrogen (secondary N) is 2. The zero-order chi connectivity index (χ0) is 14.5. The molecule has 0 saturated carbocycles. The topological polar surface area (TPSA) is 50.4 Å². The third kappa shape index (κ3) is 3.97. The first-order chi connectivity index (χ1) is 9.56. The smallest absolute Gasteiger partial charge is 0.227 e. The van der Waals surface area contributed by atoms with Gasteiger partial charge in [0.2, 0.25) is 5.91 Å². The Morgan fingerprint density at radius 2 is 2.15 bits per heavy atom. The molecule has 20 heavy (non-hydrogen) atoms. The zero-order valence-corrected chi connectivity index (χ0v) is 12.5. The maximum Gasteiger partial charge on any atom is 0.227 e. The van der Waals surface area contributed by atoms with Crippen molar-refractivity contribution in [1.29, 1.82) is 0 Å². The van der Waals surface area contributed by atoms with Crippen molar-refractivity contribution in [3.63, 3.8) is 0 Å². The second-order valence-electron chi connectivity index (χ2n) is 5.73. The fourth-order valence-electron chi connectivity index (χ4n) is 2.53. The molecule has 1 aliphatic heterocycles. The first-order valence-electron chi connectivity index (χ1n) is 7.36. The van der Waals surface area contributed by atoms with Crippen LogP contribution in [0.15, 0.2) is 24.3 Å². The molecule has 110 valence electrons. The minimum Gasteiger partial charge on any atom is -0.489 e. The lowest BCUT2D eigenvalue weighted by atomic mass is 9.92. The highest BCUT2D eigenvalue weighted by Gasteiger charge is 2.25. The van der Waals surface area contributed by atoms with E-state index in [2.05, 4.69) is 17.6 Å². The normalized spacial score (nSPS) is 22.6. The number of amides is 1. The number of ether oxygens (including phenoxy) is 1. The zero-order valence-electron chi connectivity index (χ0n) is 12.5. The number of piperidine rings is 1. The second kappa shape index (κ2) is 6.75. The SMILES string of the molecule is CC(C)Oc1ccccc1NC(=O)[C@H]1CCN[C@@H](C)C1. The first kappa shape index (κ1) is 14.9. The molecule has 4 heteroatoms. The molecule has 0 unspecified atom stereocenters. The minimum absolute atomic E-state index is 0.0818. The summed E-state index contributed by atoms with van der Waals surface area (Å²) in [4.78, 5) is 12.4. The summed E-state index contributed by atoms with van der Waals surface area (Å²) in [6.45, 7) is 6.98. The summed E-state index contributed by atoms with van der Waals surface area (Å²) in [5.74, 6) is 0.911. The standard InChI is InChI=1S/C16H24N2O2/c1-11(2)20-15-7-5-4-6-14(15)18-16(19)13-8-9-17-12(3)10-13/h4-7,11-13,17H,8-10H2,1-3H3,(H,18,19)/t12-,13-/m0/s1. The van der Waals surface area contributed by atoms with Crippen LogP contribution in [-0.2, 0) is 4.79 Å². The number of anilines is 1. The van der Waals surface area contributed by atoms with Gasteiger partial charge in [0.1, 0.15) is 5.75 Å². The van der Waals surface area contributed by atoms with E-state index < -0.39 is 0 Å². The monoisotopic (exact) mass is 276 g/mol. The molecule has 0 spiro atoms. The number of hydrogen-bond donors (Lipinski definition) is 2. The van der Waals surface area contributed by atoms with Crippen LogP contribution in [0.25, 0.3) is 0 Å². The highest BCUT2D eigenvalue weighted by Crippen LogP contribution is 2.26. The largest absolute Gasteiger partial charge is 0.489 e. The van der Waals surface area contributed by atoms with Crippen LogP contribution in [0, 0.1) is 5.92 Å². The summed E-state index contributed by atoms with van der Waals surface area (Å²) in [5, 5.41) is 6.38. The number of carbonyl (C=O) groups excluding carboxylic acids is 1. The van der Waals surface area contributed by atoms with Gasteiger partial charge < -0.3 is 15.4 Å². The molecule has 2 N–H and O–H groups in total. The molecule has 0 radical (unpaired) electrons. The third-order valence-electron chi connectivity index (χ3n) is 3.50. The van der Waals surface area contributed by atoms with E-state index in [-0.39, 0.29) is 17.9 Å². The van der Waals surface area contributed by atoms with Gasteiger partial charge in [-0.1, -0.05) is 12.1 Å². The molecule has 1 aliphatic rings. The minimum atomic E-state index is 0.0818. The van der Waals surface area contributed by atoms with Gasteiger partial charge in [0.25, 0.3) is 0 Å². The highest BCUT2D eigenvalue weighted by atomic mass is 16.5. The average Bonchev–Trinajstić information content (AvgIpc) is 2.40. The molecule has 0 bridgehead atoms. The Morgan fingerprint density at radius 1 is 1.40 bits per heavy atom. The number of carbonyl (C=O) groups is 1. The second-order valence-corrected chi connectivity index (χ2v) is 5.73. The fraction of sp³-hybridized carbons (Fsp3) is 0.562. The van der Waals surface area contributed by atoms with E-state index in [0.29, 0.717) is 6.04 Å². The van der Waals surface area contributed by atoms with Gasteiger partial charge in [-0.2, -0.15) is 0 Å². The van der Waals surface area contributed by atoms with E-state index in [1.807, 2.05) is 38.1 Å². The molecule has 2 rings (SSSR count). The van der Waals surface area contributed by atoms with E-state index >= 15 is 0 Å². The van der Waals surface area contributed by atoms with Crippen molar-refractivity contribution in [2.24, 2.45) is 5.92 Å². The molecule has 1 amide bonds. The lowest BCUT2D eigenvalue weighted by Gasteiger charge is -2.27. The highest BCUT2D eigenvalue weighted by molar-refractivity contribution is 5.94. The lowest BCUT2D eigenvalue weighted by molar-refractivity contribution is -0.120. The maximum absolute atomic E-state index is 12.4. The van der Waals surface area contributed by atoms with Crippen LogP contribution in [-0.4, -0.2) is 24.6 Å². The van der Waals surface area contributed by atoms with E-state index in [1.54, 1.807) is 0 Å². The molecule has 1 heterocycles. The summed E-state index contributed by atoms with van der Waals surface area (Å²) in [5.41, 5.74) is 0.761. The first-order valence-corrected chi connectivity index (χ1v) is 7.36. The van der Waals surface area contributed by atoms with Crippen LogP contribution >= 0.6 is 0 Å². The van der Waals surface area contributed by atoms with E-state index in [0.717, 1.165) is 30.8 Å². The number of para-hydroxylation sites is 2. The van der Waals surface area contributed by atoms with Crippen molar-refractivity contribution in [2.45, 2.75) is 45.8 Å². The Bertz CT molecular complexity index is 460. The predicted molar refractivity (Wildman–Crippen MR) is 81.0 cm³/mol. The van der Waals surface area contributed by atoms with Crippen LogP contribution in [0.2, 0.25) is 0 Å². The van der Waals surface area contributed by atoms with Crippen molar-refractivity contribution >= 4 is 11.6 Å². The molecular weight excluding hydrogens is 252 g/mol. The lowest BCUT2D eigenvalue weighted by Crippen LogP contribution is -2.40. The number of rotatable bonds is 4. The van der Waals surface area contributed by atoms with Gasteiger partial charge in [-0.3, -0.25) is 4.79 Å². The van der Waals surface area contributed by atoms with E-state index in [4.69, 9.17) is 4.74 Å². The Hall–Kier alpha value is -1.55. The Kier molecular flexibility index (Phi) is 5.01. The summed E-state index contributed by atoms with van der Waals surface area (Å²) in [6, 6.07) is 8.01. The van der Waals surface area contributed by atoms with Crippen LogP contribution in [0.3, 0.4) is 0 Å². The molecule has 1 aromatic rings. The van der Waals surface area contributed by atoms with Crippen molar-refractivity contribution < 1.29 is 9.53 Å².